The van der Waals surface area contributed by atoms with Crippen LogP contribution in [0.2, 0.25) is 5.02 Å². The normalized spacial score (nSPS) is 10.9. The minimum Gasteiger partial charge on any atom is -0.497 e. The van der Waals surface area contributed by atoms with Crippen molar-refractivity contribution in [1.29, 1.82) is 0 Å². The first-order chi connectivity index (χ1) is 16.9. The lowest BCUT2D eigenvalue weighted by atomic mass is 10.2. The molecule has 0 aliphatic heterocycles. The fourth-order valence-electron chi connectivity index (χ4n) is 3.07. The van der Waals surface area contributed by atoms with Gasteiger partial charge < -0.3 is 14.2 Å². The van der Waals surface area contributed by atoms with E-state index >= 15 is 0 Å². The molecule has 0 aliphatic rings. The number of benzene rings is 3. The molecule has 0 radical (unpaired) electrons. The Kier molecular flexibility index (Phi) is 7.64. The highest BCUT2D eigenvalue weighted by Crippen LogP contribution is 2.37. The first-order valence-electron chi connectivity index (χ1n) is 10.5. The van der Waals surface area contributed by atoms with Crippen LogP contribution in [-0.4, -0.2) is 31.8 Å². The smallest absolute Gasteiger partial charge is 0.355 e. The number of methoxy groups -OCH3 is 1. The second-order valence-corrected chi connectivity index (χ2v) is 8.89. The molecular weight excluding hydrogens is 488 g/mol. The maximum absolute atomic E-state index is 12.7. The summed E-state index contributed by atoms with van der Waals surface area (Å²) in [4.78, 5) is 24.9. The molecule has 0 aliphatic carbocycles. The third kappa shape index (κ3) is 6.17. The van der Waals surface area contributed by atoms with E-state index in [1.54, 1.807) is 49.6 Å². The summed E-state index contributed by atoms with van der Waals surface area (Å²) in [6.45, 7) is 1.82. The number of fused-ring (bicyclic) bond motifs is 1. The summed E-state index contributed by atoms with van der Waals surface area (Å²) >= 11 is 7.64. The van der Waals surface area contributed by atoms with Crippen molar-refractivity contribution < 1.29 is 23.8 Å². The molecule has 0 atom stereocenters. The number of ether oxygens (including phenoxy) is 3. The van der Waals surface area contributed by atoms with Gasteiger partial charge in [-0.3, -0.25) is 4.79 Å². The van der Waals surface area contributed by atoms with Gasteiger partial charge in [0.05, 0.1) is 18.3 Å². The van der Waals surface area contributed by atoms with Gasteiger partial charge in [0.15, 0.2) is 6.61 Å². The van der Waals surface area contributed by atoms with Crippen LogP contribution in [0.1, 0.15) is 20.8 Å². The number of carbonyl (C=O) groups excluding carboxylic acids is 2. The van der Waals surface area contributed by atoms with Gasteiger partial charge >= 0.3 is 5.97 Å². The molecule has 178 valence electrons. The number of nitrogens with zero attached hydrogens (tertiary/aromatic N) is 1. The number of hydrogen-bond acceptors (Lipinski definition) is 7. The lowest BCUT2D eigenvalue weighted by Crippen LogP contribution is -2.24. The van der Waals surface area contributed by atoms with Crippen LogP contribution < -0.4 is 19.6 Å². The van der Waals surface area contributed by atoms with Gasteiger partial charge in [-0.25, -0.2) is 10.2 Å². The van der Waals surface area contributed by atoms with Gasteiger partial charge in [-0.2, -0.15) is 5.10 Å². The van der Waals surface area contributed by atoms with Crippen LogP contribution in [0.5, 0.6) is 17.2 Å². The van der Waals surface area contributed by atoms with Crippen LogP contribution in [0.15, 0.2) is 71.8 Å². The summed E-state index contributed by atoms with van der Waals surface area (Å²) in [6, 6.07) is 19.5. The molecule has 0 saturated carbocycles. The van der Waals surface area contributed by atoms with Crippen LogP contribution in [0, 0.1) is 6.92 Å². The molecule has 1 N–H and O–H groups in total. The number of hydrazone groups is 1. The molecule has 4 aromatic rings. The molecule has 1 heterocycles. The summed E-state index contributed by atoms with van der Waals surface area (Å²) in [5.41, 5.74) is 4.22. The first-order valence-corrected chi connectivity index (χ1v) is 11.7. The average Bonchev–Trinajstić information content (AvgIpc) is 3.20. The Labute approximate surface area is 210 Å². The molecule has 0 spiro atoms. The number of rotatable bonds is 8. The summed E-state index contributed by atoms with van der Waals surface area (Å²) in [7, 11) is 1.58. The number of aryl methyl sites for hydroxylation is 1. The average molecular weight is 509 g/mol. The Morgan fingerprint density at radius 1 is 1.00 bits per heavy atom. The van der Waals surface area contributed by atoms with Gasteiger partial charge in [0, 0.05) is 10.1 Å². The predicted molar refractivity (Wildman–Crippen MR) is 137 cm³/mol. The number of carbonyl (C=O) groups is 2. The van der Waals surface area contributed by atoms with E-state index in [-0.39, 0.29) is 12.5 Å². The molecule has 4 rings (SSSR count). The van der Waals surface area contributed by atoms with E-state index in [1.165, 1.54) is 17.6 Å². The zero-order valence-corrected chi connectivity index (χ0v) is 20.5. The minimum atomic E-state index is -0.544. The topological polar surface area (TPSA) is 86.2 Å². The molecule has 9 heteroatoms. The number of esters is 1. The van der Waals surface area contributed by atoms with Crippen LogP contribution in [-0.2, 0) is 4.79 Å². The molecule has 1 amide bonds. The van der Waals surface area contributed by atoms with Crippen molar-refractivity contribution in [2.24, 2.45) is 5.10 Å². The van der Waals surface area contributed by atoms with Crippen molar-refractivity contribution >= 4 is 51.1 Å². The Morgan fingerprint density at radius 3 is 2.40 bits per heavy atom. The van der Waals surface area contributed by atoms with Crippen LogP contribution in [0.4, 0.5) is 0 Å². The number of hydrogen-bond donors (Lipinski definition) is 1. The third-order valence-electron chi connectivity index (χ3n) is 4.91. The van der Waals surface area contributed by atoms with Gasteiger partial charge in [0.1, 0.15) is 22.1 Å². The molecule has 0 unspecified atom stereocenters. The molecule has 0 fully saturated rings. The van der Waals surface area contributed by atoms with Crippen molar-refractivity contribution in [3.8, 4) is 17.2 Å². The van der Waals surface area contributed by atoms with E-state index in [4.69, 9.17) is 25.8 Å². The molecular formula is C26H21ClN2O5S. The molecule has 7 nitrogen and oxygen atoms in total. The highest BCUT2D eigenvalue weighted by Gasteiger charge is 2.19. The highest BCUT2D eigenvalue weighted by molar-refractivity contribution is 7.21. The number of thiophene rings is 1. The molecule has 0 saturated heterocycles. The van der Waals surface area contributed by atoms with Gasteiger partial charge in [0.25, 0.3) is 5.91 Å². The lowest BCUT2D eigenvalue weighted by molar-refractivity contribution is -0.123. The largest absolute Gasteiger partial charge is 0.497 e. The Hall–Kier alpha value is -3.88. The Balaban J connectivity index is 1.30. The SMILES string of the molecule is COc1ccc2c(Cl)c(C(=O)Oc3ccc(/C=N\NC(=O)COc4ccc(C)cc4)cc3)sc2c1. The van der Waals surface area contributed by atoms with Gasteiger partial charge in [-0.15, -0.1) is 11.3 Å². The summed E-state index contributed by atoms with van der Waals surface area (Å²) in [5, 5.41) is 5.03. The molecule has 1 aromatic heterocycles. The van der Waals surface area contributed by atoms with Crippen LogP contribution >= 0.6 is 22.9 Å². The first kappa shape index (κ1) is 24.3. The maximum atomic E-state index is 12.7. The highest BCUT2D eigenvalue weighted by atomic mass is 35.5. The molecule has 0 bridgehead atoms. The predicted octanol–water partition coefficient (Wildman–Crippen LogP) is 5.62. The van der Waals surface area contributed by atoms with Gasteiger partial charge in [0.2, 0.25) is 0 Å². The number of amides is 1. The summed E-state index contributed by atoms with van der Waals surface area (Å²) in [6.07, 6.45) is 1.48. The fraction of sp³-hybridized carbons (Fsp3) is 0.115. The summed E-state index contributed by atoms with van der Waals surface area (Å²) in [5.74, 6) is 0.718. The van der Waals surface area contributed by atoms with Crippen molar-refractivity contribution in [1.82, 2.24) is 5.43 Å². The second kappa shape index (κ2) is 11.0. The molecule has 35 heavy (non-hydrogen) atoms. The summed E-state index contributed by atoms with van der Waals surface area (Å²) < 4.78 is 16.9. The van der Waals surface area contributed by atoms with E-state index < -0.39 is 5.97 Å². The quantitative estimate of drug-likeness (QED) is 0.144. The Morgan fingerprint density at radius 2 is 1.69 bits per heavy atom. The minimum absolute atomic E-state index is 0.150. The second-order valence-electron chi connectivity index (χ2n) is 7.46. The van der Waals surface area contributed by atoms with Crippen LogP contribution in [0.3, 0.4) is 0 Å². The zero-order valence-electron chi connectivity index (χ0n) is 18.9. The fourth-order valence-corrected chi connectivity index (χ4v) is 4.49. The monoisotopic (exact) mass is 508 g/mol. The number of halogens is 1. The van der Waals surface area contributed by atoms with Crippen LogP contribution in [0.25, 0.3) is 10.1 Å². The Bertz CT molecular complexity index is 1380. The van der Waals surface area contributed by atoms with E-state index in [0.717, 1.165) is 15.6 Å². The van der Waals surface area contributed by atoms with Crippen molar-refractivity contribution in [2.45, 2.75) is 6.92 Å². The standard InChI is InChI=1S/C26H21ClN2O5S/c1-16-3-7-18(8-4-16)33-15-23(30)29-28-14-17-5-9-19(10-6-17)34-26(31)25-24(27)21-12-11-20(32-2)13-22(21)35-25/h3-14H,15H2,1-2H3,(H,29,30)/b28-14-. The van der Waals surface area contributed by atoms with Gasteiger partial charge in [-0.05, 0) is 67.1 Å². The maximum Gasteiger partial charge on any atom is 0.355 e. The van der Waals surface area contributed by atoms with Crippen molar-refractivity contribution in [3.05, 3.63) is 87.8 Å². The number of nitrogens with one attached hydrogen (secondary N) is 1. The van der Waals surface area contributed by atoms with E-state index in [1.807, 2.05) is 31.2 Å². The third-order valence-corrected chi connectivity index (χ3v) is 6.54. The molecule has 3 aromatic carbocycles. The zero-order chi connectivity index (χ0) is 24.8. The van der Waals surface area contributed by atoms with Crippen molar-refractivity contribution in [3.63, 3.8) is 0 Å². The van der Waals surface area contributed by atoms with E-state index in [9.17, 15) is 9.59 Å². The van der Waals surface area contributed by atoms with Gasteiger partial charge in [-0.1, -0.05) is 29.3 Å². The van der Waals surface area contributed by atoms with Crippen molar-refractivity contribution in [2.75, 3.05) is 13.7 Å². The lowest BCUT2D eigenvalue weighted by Gasteiger charge is -2.05. The van der Waals surface area contributed by atoms with E-state index in [0.29, 0.717) is 32.7 Å². The van der Waals surface area contributed by atoms with E-state index in [2.05, 4.69) is 10.5 Å².